The molecule has 0 spiro atoms. The fourth-order valence-corrected chi connectivity index (χ4v) is 5.88. The van der Waals surface area contributed by atoms with Gasteiger partial charge in [-0.3, -0.25) is 28.8 Å². The quantitative estimate of drug-likeness (QED) is 0.0424. The number of nitrogens with one attached hydrogen (secondary N) is 1. The van der Waals surface area contributed by atoms with Gasteiger partial charge >= 0.3 is 41.8 Å². The van der Waals surface area contributed by atoms with Crippen molar-refractivity contribution in [1.82, 2.24) is 5.32 Å². The van der Waals surface area contributed by atoms with Gasteiger partial charge in [-0.15, -0.1) is 0 Å². The average Bonchev–Trinajstić information content (AvgIpc) is 3.12. The Hall–Kier alpha value is -4.36. The number of hydrogen-bond donors (Lipinski definition) is 5. The number of quaternary nitrogens is 2. The monoisotopic (exact) mass is 834 g/mol. The summed E-state index contributed by atoms with van der Waals surface area (Å²) in [6.07, 6.45) is 0.587. The molecule has 0 heterocycles. The summed E-state index contributed by atoms with van der Waals surface area (Å²) in [5, 5.41) is 30.1. The lowest BCUT2D eigenvalue weighted by atomic mass is 9.65. The summed E-state index contributed by atoms with van der Waals surface area (Å²) >= 11 is 0. The molecule has 0 saturated carbocycles. The highest BCUT2D eigenvalue weighted by Crippen LogP contribution is 2.44. The highest BCUT2D eigenvalue weighted by molar-refractivity contribution is 5.89. The van der Waals surface area contributed by atoms with E-state index in [0.717, 1.165) is 0 Å². The second-order valence-electron chi connectivity index (χ2n) is 17.5. The number of amides is 1. The zero-order valence-corrected chi connectivity index (χ0v) is 36.6. The normalized spacial score (nSPS) is 16.2. The van der Waals surface area contributed by atoms with Gasteiger partial charge in [0.25, 0.3) is 0 Å². The summed E-state index contributed by atoms with van der Waals surface area (Å²) in [6, 6.07) is -3.29. The maximum atomic E-state index is 13.4. The molecule has 3 unspecified atom stereocenters. The van der Waals surface area contributed by atoms with E-state index in [1.54, 1.807) is 62.8 Å². The highest BCUT2D eigenvalue weighted by atomic mass is 16.6. The second kappa shape index (κ2) is 22.1. The third kappa shape index (κ3) is 16.1. The standard InChI is InChI=1S/C39H68N4O15/c1-13-37(6,33(52)56-21-19-43(11,12)22-29(46)47)25-38(7,14-2)34(53)57-23-26(40)30(48)41-27(31(49)50)24-58-35(54)39(8,15-3)36(4,5)32(51)55-20-18-42(9,10)17-16-28(44)45/h26-27H,13-25,40H2,1-12H3,(H2-2,41,44,45,46,47,48,49,50)/p+2/t26-,27-,37?,38?,39?/m0/s1. The molecule has 0 aromatic heterocycles. The van der Waals surface area contributed by atoms with Crippen molar-refractivity contribution in [2.45, 2.75) is 99.6 Å². The van der Waals surface area contributed by atoms with Crippen LogP contribution in [0.15, 0.2) is 0 Å². The van der Waals surface area contributed by atoms with Crippen LogP contribution >= 0.6 is 0 Å². The first-order chi connectivity index (χ1) is 26.4. The summed E-state index contributed by atoms with van der Waals surface area (Å²) in [6.45, 7) is 12.0. The summed E-state index contributed by atoms with van der Waals surface area (Å²) in [7, 11) is 6.97. The third-order valence-corrected chi connectivity index (χ3v) is 11.5. The lowest BCUT2D eigenvalue weighted by Crippen LogP contribution is -2.53. The van der Waals surface area contributed by atoms with Gasteiger partial charge in [-0.25, -0.2) is 9.59 Å². The molecule has 0 aromatic rings. The topological polar surface area (TPSA) is 272 Å². The number of ether oxygens (including phenoxy) is 4. The molecule has 0 radical (unpaired) electrons. The Morgan fingerprint density at radius 2 is 1.09 bits per heavy atom. The van der Waals surface area contributed by atoms with Gasteiger partial charge in [-0.2, -0.15) is 0 Å². The third-order valence-electron chi connectivity index (χ3n) is 11.5. The van der Waals surface area contributed by atoms with Crippen LogP contribution in [0.1, 0.15) is 87.5 Å². The van der Waals surface area contributed by atoms with Crippen molar-refractivity contribution >= 4 is 47.7 Å². The van der Waals surface area contributed by atoms with Gasteiger partial charge in [0.1, 0.15) is 45.6 Å². The maximum absolute atomic E-state index is 13.4. The van der Waals surface area contributed by atoms with E-state index < -0.39 is 94.6 Å². The van der Waals surface area contributed by atoms with Crippen LogP contribution in [0, 0.1) is 21.7 Å². The number of carboxylic acid groups (broad SMARTS) is 3. The number of hydrogen-bond acceptors (Lipinski definition) is 13. The van der Waals surface area contributed by atoms with Crippen molar-refractivity contribution in [1.29, 1.82) is 0 Å². The van der Waals surface area contributed by atoms with Gasteiger partial charge in [0.05, 0.1) is 62.8 Å². The van der Waals surface area contributed by atoms with E-state index in [-0.39, 0.29) is 61.0 Å². The van der Waals surface area contributed by atoms with Gasteiger partial charge in [0.2, 0.25) is 5.91 Å². The summed E-state index contributed by atoms with van der Waals surface area (Å²) in [4.78, 5) is 100. The molecule has 19 heteroatoms. The lowest BCUT2D eigenvalue weighted by molar-refractivity contribution is -0.889. The number of carbonyl (C=O) groups excluding carboxylic acids is 5. The fourth-order valence-electron chi connectivity index (χ4n) is 5.88. The minimum Gasteiger partial charge on any atom is -0.481 e. The Morgan fingerprint density at radius 1 is 0.621 bits per heavy atom. The molecule has 1 amide bonds. The Bertz CT molecular complexity index is 1480. The smallest absolute Gasteiger partial charge is 0.359 e. The molecule has 0 saturated heterocycles. The van der Waals surface area contributed by atoms with Gasteiger partial charge < -0.3 is 54.3 Å². The molecule has 0 aliphatic heterocycles. The molecule has 0 aliphatic carbocycles. The first kappa shape index (κ1) is 53.6. The molecule has 19 nitrogen and oxygen atoms in total. The van der Waals surface area contributed by atoms with Crippen LogP contribution in [0.5, 0.6) is 0 Å². The van der Waals surface area contributed by atoms with Crippen LogP contribution < -0.4 is 11.1 Å². The summed E-state index contributed by atoms with van der Waals surface area (Å²) in [5.41, 5.74) is 0.683. The van der Waals surface area contributed by atoms with Gasteiger partial charge in [-0.05, 0) is 60.3 Å². The van der Waals surface area contributed by atoms with E-state index in [2.05, 4.69) is 5.32 Å². The number of carboxylic acids is 3. The van der Waals surface area contributed by atoms with E-state index in [0.29, 0.717) is 19.5 Å². The average molecular weight is 835 g/mol. The van der Waals surface area contributed by atoms with Crippen LogP contribution in [0.2, 0.25) is 0 Å². The molecule has 334 valence electrons. The van der Waals surface area contributed by atoms with Crippen molar-refractivity contribution in [2.24, 2.45) is 27.4 Å². The minimum absolute atomic E-state index is 0.0171. The predicted molar refractivity (Wildman–Crippen MR) is 209 cm³/mol. The Morgan fingerprint density at radius 3 is 1.53 bits per heavy atom. The van der Waals surface area contributed by atoms with Crippen molar-refractivity contribution in [2.75, 3.05) is 80.8 Å². The van der Waals surface area contributed by atoms with Crippen LogP contribution in [0.4, 0.5) is 0 Å². The zero-order chi connectivity index (χ0) is 45.5. The molecule has 58 heavy (non-hydrogen) atoms. The molecule has 0 fully saturated rings. The van der Waals surface area contributed by atoms with Crippen molar-refractivity contribution < 1.29 is 81.6 Å². The molecular formula is C39H70N4O15+2. The maximum Gasteiger partial charge on any atom is 0.359 e. The molecule has 5 atom stereocenters. The van der Waals surface area contributed by atoms with Crippen molar-refractivity contribution in [3.05, 3.63) is 0 Å². The molecule has 0 aliphatic rings. The Balaban J connectivity index is 5.51. The Labute approximate surface area is 342 Å². The number of nitrogens with zero attached hydrogens (tertiary/aromatic N) is 2. The van der Waals surface area contributed by atoms with E-state index in [1.807, 2.05) is 0 Å². The number of esters is 4. The first-order valence-electron chi connectivity index (χ1n) is 19.4. The molecule has 0 rings (SSSR count). The van der Waals surface area contributed by atoms with E-state index in [1.165, 1.54) is 20.8 Å². The number of carbonyl (C=O) groups is 8. The van der Waals surface area contributed by atoms with Crippen LogP contribution in [-0.2, 0) is 57.3 Å². The van der Waals surface area contributed by atoms with Crippen molar-refractivity contribution in [3.63, 3.8) is 0 Å². The fraction of sp³-hybridized carbons (Fsp3) is 0.795. The number of likely N-dealkylation sites (N-methyl/N-ethyl adjacent to an activating group) is 2. The summed E-state index contributed by atoms with van der Waals surface area (Å²) < 4.78 is 22.1. The second-order valence-corrected chi connectivity index (χ2v) is 17.5. The molecular weight excluding hydrogens is 764 g/mol. The van der Waals surface area contributed by atoms with Crippen LogP contribution in [0.25, 0.3) is 0 Å². The van der Waals surface area contributed by atoms with Gasteiger partial charge in [-0.1, -0.05) is 20.8 Å². The molecule has 6 N–H and O–H groups in total. The number of aliphatic carboxylic acids is 3. The highest BCUT2D eigenvalue weighted by Gasteiger charge is 2.53. The molecule has 0 aromatic carbocycles. The van der Waals surface area contributed by atoms with Crippen LogP contribution in [-0.4, -0.2) is 165 Å². The number of nitrogens with two attached hydrogens (primary N) is 1. The Kier molecular flexibility index (Phi) is 20.5. The summed E-state index contributed by atoms with van der Waals surface area (Å²) in [5.74, 6) is -7.48. The predicted octanol–water partition coefficient (Wildman–Crippen LogP) is 1.43. The van der Waals surface area contributed by atoms with Crippen molar-refractivity contribution in [3.8, 4) is 0 Å². The molecule has 0 bridgehead atoms. The van der Waals surface area contributed by atoms with Gasteiger partial charge in [0, 0.05) is 0 Å². The van der Waals surface area contributed by atoms with E-state index >= 15 is 0 Å². The SMILES string of the molecule is CCC(C)(CC(C)(CC)C(=O)OC[C@H](N)C(=O)N[C@@H](COC(=O)C(C)(CC)C(C)(C)C(=O)OCC[N+](C)(C)CCC(=O)O)C(=O)O)C(=O)OCC[N+](C)(C)CC(=O)O. The first-order valence-corrected chi connectivity index (χ1v) is 19.4. The van der Waals surface area contributed by atoms with Gasteiger partial charge in [0.15, 0.2) is 12.6 Å². The largest absolute Gasteiger partial charge is 0.481 e. The minimum atomic E-state index is -1.76. The van der Waals surface area contributed by atoms with E-state index in [4.69, 9.17) is 34.9 Å². The number of rotatable bonds is 28. The van der Waals surface area contributed by atoms with Crippen LogP contribution in [0.3, 0.4) is 0 Å². The zero-order valence-electron chi connectivity index (χ0n) is 36.6. The lowest BCUT2D eigenvalue weighted by Gasteiger charge is -2.39. The van der Waals surface area contributed by atoms with E-state index in [9.17, 15) is 43.5 Å².